The first kappa shape index (κ1) is 22.5. The Kier molecular flexibility index (Phi) is 6.83. The van der Waals surface area contributed by atoms with Gasteiger partial charge in [-0.05, 0) is 54.2 Å². The van der Waals surface area contributed by atoms with E-state index < -0.39 is 0 Å². The summed E-state index contributed by atoms with van der Waals surface area (Å²) in [5.74, 6) is 0. The molecule has 4 aromatic rings. The lowest BCUT2D eigenvalue weighted by molar-refractivity contribution is 0.366. The van der Waals surface area contributed by atoms with Gasteiger partial charge in [0, 0.05) is 35.8 Å². The summed E-state index contributed by atoms with van der Waals surface area (Å²) < 4.78 is 0. The Bertz CT molecular complexity index is 1320. The molecule has 3 aromatic carbocycles. The number of hydrogen-bond donors (Lipinski definition) is 1. The Morgan fingerprint density at radius 1 is 1.00 bits per heavy atom. The minimum Gasteiger partial charge on any atom is -0.361 e. The van der Waals surface area contributed by atoms with Gasteiger partial charge in [-0.3, -0.25) is 9.97 Å². The van der Waals surface area contributed by atoms with Gasteiger partial charge in [0.1, 0.15) is 0 Å². The van der Waals surface area contributed by atoms with Gasteiger partial charge in [-0.15, -0.1) is 11.8 Å². The molecule has 1 aliphatic rings. The van der Waals surface area contributed by atoms with E-state index in [1.165, 1.54) is 10.5 Å². The van der Waals surface area contributed by atoms with Gasteiger partial charge < -0.3 is 5.32 Å². The maximum absolute atomic E-state index is 5.84. The van der Waals surface area contributed by atoms with Crippen LogP contribution in [-0.2, 0) is 6.42 Å². The van der Waals surface area contributed by atoms with Crippen molar-refractivity contribution in [3.05, 3.63) is 102 Å². The molecule has 5 rings (SSSR count). The Morgan fingerprint density at radius 3 is 2.59 bits per heavy atom. The molecule has 1 N–H and O–H groups in total. The number of nitrogens with zero attached hydrogens (tertiary/aromatic N) is 4. The molecule has 0 radical (unpaired) electrons. The molecule has 7 heteroatoms. The lowest BCUT2D eigenvalue weighted by Crippen LogP contribution is -2.37. The molecule has 0 bridgehead atoms. The molecule has 1 atom stereocenters. The zero-order valence-electron chi connectivity index (χ0n) is 18.9. The van der Waals surface area contributed by atoms with Crippen LogP contribution in [0.5, 0.6) is 0 Å². The van der Waals surface area contributed by atoms with Crippen LogP contribution in [0.25, 0.3) is 11.0 Å². The SMILES string of the molecule is CSc1ccc(C2=NN(C(=S)NCCc3ccccc3)C(c3cccc4nccnc34)C2)cc1. The molecule has 1 aromatic heterocycles. The number of nitrogens with one attached hydrogen (secondary N) is 1. The fourth-order valence-electron chi connectivity index (χ4n) is 4.22. The Balaban J connectivity index is 1.43. The average molecular weight is 484 g/mol. The predicted molar refractivity (Wildman–Crippen MR) is 144 cm³/mol. The molecule has 0 fully saturated rings. The standard InChI is InChI=1S/C27H25N5S2/c1-34-21-12-10-20(11-13-21)24-18-25(22-8-5-9-23-26(22)29-17-16-28-23)32(31-24)27(33)30-15-14-19-6-3-2-4-7-19/h2-13,16-17,25H,14-15,18H2,1H3,(H,30,33). The molecule has 170 valence electrons. The van der Waals surface area contributed by atoms with Gasteiger partial charge in [0.2, 0.25) is 0 Å². The topological polar surface area (TPSA) is 53.4 Å². The molecule has 0 saturated carbocycles. The van der Waals surface area contributed by atoms with Crippen LogP contribution >= 0.6 is 24.0 Å². The molecule has 34 heavy (non-hydrogen) atoms. The highest BCUT2D eigenvalue weighted by molar-refractivity contribution is 7.98. The lowest BCUT2D eigenvalue weighted by atomic mass is 9.97. The lowest BCUT2D eigenvalue weighted by Gasteiger charge is -2.25. The first-order valence-electron chi connectivity index (χ1n) is 11.3. The van der Waals surface area contributed by atoms with Gasteiger partial charge in [-0.2, -0.15) is 5.10 Å². The molecule has 5 nitrogen and oxygen atoms in total. The number of benzene rings is 3. The molecule has 0 spiro atoms. The second-order valence-electron chi connectivity index (χ2n) is 8.08. The number of rotatable bonds is 6. The summed E-state index contributed by atoms with van der Waals surface area (Å²) in [7, 11) is 0. The number of thiocarbonyl (C=S) groups is 1. The van der Waals surface area contributed by atoms with Gasteiger partial charge >= 0.3 is 0 Å². The summed E-state index contributed by atoms with van der Waals surface area (Å²) in [6.45, 7) is 0.745. The smallest absolute Gasteiger partial charge is 0.190 e. The van der Waals surface area contributed by atoms with E-state index >= 15 is 0 Å². The highest BCUT2D eigenvalue weighted by Gasteiger charge is 2.32. The number of hydrazone groups is 1. The molecular weight excluding hydrogens is 458 g/mol. The van der Waals surface area contributed by atoms with E-state index in [-0.39, 0.29) is 6.04 Å². The zero-order valence-corrected chi connectivity index (χ0v) is 20.5. The molecule has 1 aliphatic heterocycles. The minimum absolute atomic E-state index is 0.0487. The summed E-state index contributed by atoms with van der Waals surface area (Å²) in [6, 6.07) is 25.1. The molecular formula is C27H25N5S2. The highest BCUT2D eigenvalue weighted by Crippen LogP contribution is 2.35. The van der Waals surface area contributed by atoms with Gasteiger partial charge in [0.05, 0.1) is 22.8 Å². The first-order valence-corrected chi connectivity index (χ1v) is 12.9. The quantitative estimate of drug-likeness (QED) is 0.284. The van der Waals surface area contributed by atoms with Crippen LogP contribution in [0.3, 0.4) is 0 Å². The van der Waals surface area contributed by atoms with E-state index in [9.17, 15) is 0 Å². The number of fused-ring (bicyclic) bond motifs is 1. The van der Waals surface area contributed by atoms with Gasteiger partial charge in [-0.1, -0.05) is 54.6 Å². The third-order valence-electron chi connectivity index (χ3n) is 5.96. The molecule has 0 saturated heterocycles. The number of hydrogen-bond acceptors (Lipinski definition) is 5. The molecule has 2 heterocycles. The number of thioether (sulfide) groups is 1. The number of aromatic nitrogens is 2. The van der Waals surface area contributed by atoms with Crippen molar-refractivity contribution in [3.8, 4) is 0 Å². The predicted octanol–water partition coefficient (Wildman–Crippen LogP) is 5.62. The van der Waals surface area contributed by atoms with E-state index in [0.29, 0.717) is 5.11 Å². The van der Waals surface area contributed by atoms with Gasteiger partial charge in [0.25, 0.3) is 0 Å². The summed E-state index contributed by atoms with van der Waals surface area (Å²) in [6.07, 6.45) is 7.19. The van der Waals surface area contributed by atoms with Crippen LogP contribution in [-0.4, -0.2) is 38.6 Å². The van der Waals surface area contributed by atoms with Gasteiger partial charge in [-0.25, -0.2) is 5.01 Å². The van der Waals surface area contributed by atoms with Crippen LogP contribution in [0.2, 0.25) is 0 Å². The van der Waals surface area contributed by atoms with E-state index in [0.717, 1.165) is 47.3 Å². The Morgan fingerprint density at radius 2 is 1.79 bits per heavy atom. The fourth-order valence-corrected chi connectivity index (χ4v) is 4.90. The second-order valence-corrected chi connectivity index (χ2v) is 9.34. The minimum atomic E-state index is -0.0487. The van der Waals surface area contributed by atoms with Crippen molar-refractivity contribution in [2.24, 2.45) is 5.10 Å². The van der Waals surface area contributed by atoms with Crippen LogP contribution in [0.1, 0.15) is 29.2 Å². The van der Waals surface area contributed by atoms with Crippen LogP contribution in [0.15, 0.2) is 95.2 Å². The first-order chi connectivity index (χ1) is 16.7. The summed E-state index contributed by atoms with van der Waals surface area (Å²) in [5, 5.41) is 11.0. The highest BCUT2D eigenvalue weighted by atomic mass is 32.2. The third-order valence-corrected chi connectivity index (χ3v) is 7.04. The zero-order chi connectivity index (χ0) is 23.3. The third kappa shape index (κ3) is 4.81. The van der Waals surface area contributed by atoms with Crippen molar-refractivity contribution in [2.75, 3.05) is 12.8 Å². The molecule has 0 amide bonds. The maximum Gasteiger partial charge on any atom is 0.190 e. The molecule has 0 aliphatic carbocycles. The van der Waals surface area contributed by atoms with Crippen molar-refractivity contribution >= 4 is 45.8 Å². The maximum atomic E-state index is 5.84. The van der Waals surface area contributed by atoms with Crippen molar-refractivity contribution in [2.45, 2.75) is 23.8 Å². The molecule has 1 unspecified atom stereocenters. The van der Waals surface area contributed by atoms with Crippen molar-refractivity contribution in [1.29, 1.82) is 0 Å². The van der Waals surface area contributed by atoms with E-state index in [1.54, 1.807) is 24.2 Å². The van der Waals surface area contributed by atoms with Crippen molar-refractivity contribution in [1.82, 2.24) is 20.3 Å². The second kappa shape index (κ2) is 10.3. The monoisotopic (exact) mass is 483 g/mol. The van der Waals surface area contributed by atoms with Crippen molar-refractivity contribution < 1.29 is 0 Å². The van der Waals surface area contributed by atoms with Gasteiger partial charge in [0.15, 0.2) is 5.11 Å². The van der Waals surface area contributed by atoms with Crippen LogP contribution in [0.4, 0.5) is 0 Å². The summed E-state index contributed by atoms with van der Waals surface area (Å²) in [5.41, 5.74) is 6.26. The fraction of sp³-hybridized carbons (Fsp3) is 0.185. The van der Waals surface area contributed by atoms with Crippen LogP contribution < -0.4 is 5.32 Å². The van der Waals surface area contributed by atoms with E-state index in [1.807, 2.05) is 23.2 Å². The summed E-state index contributed by atoms with van der Waals surface area (Å²) >= 11 is 7.58. The van der Waals surface area contributed by atoms with E-state index in [2.05, 4.69) is 76.1 Å². The Hall–Kier alpha value is -3.29. The summed E-state index contributed by atoms with van der Waals surface area (Å²) in [4.78, 5) is 10.4. The average Bonchev–Trinajstić information content (AvgIpc) is 3.34. The number of para-hydroxylation sites is 1. The largest absolute Gasteiger partial charge is 0.361 e. The van der Waals surface area contributed by atoms with Crippen molar-refractivity contribution in [3.63, 3.8) is 0 Å². The normalized spacial score (nSPS) is 15.4. The van der Waals surface area contributed by atoms with Crippen LogP contribution in [0, 0.1) is 0 Å². The Labute approximate surface area is 209 Å². The van der Waals surface area contributed by atoms with E-state index in [4.69, 9.17) is 17.3 Å².